The Balaban J connectivity index is 1.63. The number of hydrogen-bond donors (Lipinski definition) is 1. The van der Waals surface area contributed by atoms with Crippen LogP contribution in [0, 0.1) is 0 Å². The molecule has 1 aromatic carbocycles. The lowest BCUT2D eigenvalue weighted by Gasteiger charge is -2.10. The molecule has 0 spiro atoms. The molecule has 1 aliphatic heterocycles. The van der Waals surface area contributed by atoms with Crippen LogP contribution in [-0.4, -0.2) is 47.2 Å². The van der Waals surface area contributed by atoms with Crippen molar-refractivity contribution >= 4 is 38.5 Å². The number of thioether (sulfide) groups is 1. The van der Waals surface area contributed by atoms with Crippen LogP contribution >= 0.6 is 11.8 Å². The summed E-state index contributed by atoms with van der Waals surface area (Å²) in [6, 6.07) is 7.63. The van der Waals surface area contributed by atoms with Crippen LogP contribution in [0.5, 0.6) is 0 Å². The zero-order valence-corrected chi connectivity index (χ0v) is 14.5. The molecule has 8 heteroatoms. The van der Waals surface area contributed by atoms with E-state index in [9.17, 15) is 13.2 Å². The molecule has 2 aromatic rings. The number of hydrogen-bond acceptors (Lipinski definition) is 5. The van der Waals surface area contributed by atoms with Gasteiger partial charge in [-0.3, -0.25) is 4.79 Å². The van der Waals surface area contributed by atoms with Gasteiger partial charge in [0.05, 0.1) is 28.3 Å². The fourth-order valence-corrected chi connectivity index (χ4v) is 5.34. The van der Waals surface area contributed by atoms with Gasteiger partial charge in [0.15, 0.2) is 15.0 Å². The zero-order valence-electron chi connectivity index (χ0n) is 12.9. The highest BCUT2D eigenvalue weighted by molar-refractivity contribution is 7.99. The number of sulfone groups is 1. The first-order valence-corrected chi connectivity index (χ1v) is 10.4. The predicted octanol–water partition coefficient (Wildman–Crippen LogP) is 1.45. The summed E-state index contributed by atoms with van der Waals surface area (Å²) in [5.41, 5.74) is 1.97. The lowest BCUT2D eigenvalue weighted by molar-refractivity contribution is -0.119. The van der Waals surface area contributed by atoms with E-state index in [1.165, 1.54) is 11.8 Å². The lowest BCUT2D eigenvalue weighted by Crippen LogP contribution is -2.36. The molecule has 124 valence electrons. The Labute approximate surface area is 139 Å². The van der Waals surface area contributed by atoms with Gasteiger partial charge < -0.3 is 9.88 Å². The first-order valence-electron chi connectivity index (χ1n) is 7.56. The van der Waals surface area contributed by atoms with E-state index in [1.807, 2.05) is 31.2 Å². The highest BCUT2D eigenvalue weighted by Gasteiger charge is 2.28. The molecule has 1 amide bonds. The number of imidazole rings is 1. The van der Waals surface area contributed by atoms with Gasteiger partial charge in [0.25, 0.3) is 0 Å². The molecule has 23 heavy (non-hydrogen) atoms. The molecule has 1 fully saturated rings. The van der Waals surface area contributed by atoms with Crippen LogP contribution in [0.2, 0.25) is 0 Å². The summed E-state index contributed by atoms with van der Waals surface area (Å²) in [4.78, 5) is 16.6. The van der Waals surface area contributed by atoms with Crippen LogP contribution in [0.15, 0.2) is 29.4 Å². The van der Waals surface area contributed by atoms with Crippen LogP contribution in [0.4, 0.5) is 0 Å². The SMILES string of the molecule is CCn1c(SCC(=O)NC2CCS(=O)(=O)C2)nc2ccccc21. The molecule has 2 heterocycles. The molecule has 0 aliphatic carbocycles. The second-order valence-electron chi connectivity index (χ2n) is 5.58. The van der Waals surface area contributed by atoms with Gasteiger partial charge >= 0.3 is 0 Å². The number of benzene rings is 1. The Hall–Kier alpha value is -1.54. The van der Waals surface area contributed by atoms with E-state index in [4.69, 9.17) is 0 Å². The van der Waals surface area contributed by atoms with E-state index in [1.54, 1.807) is 0 Å². The summed E-state index contributed by atoms with van der Waals surface area (Å²) in [7, 11) is -2.97. The maximum absolute atomic E-state index is 12.0. The number of fused-ring (bicyclic) bond motifs is 1. The number of amides is 1. The van der Waals surface area contributed by atoms with Crippen molar-refractivity contribution in [3.05, 3.63) is 24.3 Å². The minimum Gasteiger partial charge on any atom is -0.352 e. The molecule has 1 aromatic heterocycles. The van der Waals surface area contributed by atoms with Crippen molar-refractivity contribution in [1.82, 2.24) is 14.9 Å². The van der Waals surface area contributed by atoms with Crippen LogP contribution < -0.4 is 5.32 Å². The second-order valence-corrected chi connectivity index (χ2v) is 8.75. The van der Waals surface area contributed by atoms with Crippen molar-refractivity contribution in [3.8, 4) is 0 Å². The normalized spacial score (nSPS) is 20.0. The average Bonchev–Trinajstić information content (AvgIpc) is 3.04. The van der Waals surface area contributed by atoms with E-state index >= 15 is 0 Å². The van der Waals surface area contributed by atoms with Crippen molar-refractivity contribution in [2.24, 2.45) is 0 Å². The molecule has 1 unspecified atom stereocenters. The van der Waals surface area contributed by atoms with Gasteiger partial charge in [0.1, 0.15) is 0 Å². The summed E-state index contributed by atoms with van der Waals surface area (Å²) in [6.07, 6.45) is 0.506. The van der Waals surface area contributed by atoms with Crippen LogP contribution in [0.3, 0.4) is 0 Å². The summed E-state index contributed by atoms with van der Waals surface area (Å²) < 4.78 is 24.9. The van der Waals surface area contributed by atoms with Crippen molar-refractivity contribution in [3.63, 3.8) is 0 Å². The molecule has 1 saturated heterocycles. The Kier molecular flexibility index (Phi) is 4.63. The van der Waals surface area contributed by atoms with Gasteiger partial charge in [-0.05, 0) is 25.5 Å². The molecule has 3 rings (SSSR count). The number of aryl methyl sites for hydroxylation is 1. The number of nitrogens with one attached hydrogen (secondary N) is 1. The quantitative estimate of drug-likeness (QED) is 0.823. The van der Waals surface area contributed by atoms with E-state index in [0.717, 1.165) is 22.7 Å². The predicted molar refractivity (Wildman–Crippen MR) is 91.3 cm³/mol. The lowest BCUT2D eigenvalue weighted by atomic mass is 10.3. The molecule has 1 atom stereocenters. The number of nitrogens with zero attached hydrogens (tertiary/aromatic N) is 2. The number of para-hydroxylation sites is 2. The number of aromatic nitrogens is 2. The maximum Gasteiger partial charge on any atom is 0.230 e. The number of carbonyl (C=O) groups is 1. The molecule has 0 radical (unpaired) electrons. The summed E-state index contributed by atoms with van der Waals surface area (Å²) >= 11 is 1.38. The molecule has 6 nitrogen and oxygen atoms in total. The van der Waals surface area contributed by atoms with Crippen molar-refractivity contribution in [2.75, 3.05) is 17.3 Å². The third-order valence-corrected chi connectivity index (χ3v) is 6.61. The molecule has 0 bridgehead atoms. The number of rotatable bonds is 5. The zero-order chi connectivity index (χ0) is 16.4. The van der Waals surface area contributed by atoms with Crippen molar-refractivity contribution < 1.29 is 13.2 Å². The summed E-state index contributed by atoms with van der Waals surface area (Å²) in [6.45, 7) is 2.83. The Morgan fingerprint density at radius 3 is 2.91 bits per heavy atom. The first-order chi connectivity index (χ1) is 11.0. The fraction of sp³-hybridized carbons (Fsp3) is 0.467. The van der Waals surface area contributed by atoms with E-state index < -0.39 is 9.84 Å². The van der Waals surface area contributed by atoms with Crippen LogP contribution in [-0.2, 0) is 21.2 Å². The van der Waals surface area contributed by atoms with Gasteiger partial charge in [-0.2, -0.15) is 0 Å². The highest BCUT2D eigenvalue weighted by Crippen LogP contribution is 2.24. The van der Waals surface area contributed by atoms with E-state index in [-0.39, 0.29) is 29.2 Å². The second kappa shape index (κ2) is 6.52. The van der Waals surface area contributed by atoms with Crippen molar-refractivity contribution in [1.29, 1.82) is 0 Å². The van der Waals surface area contributed by atoms with Gasteiger partial charge in [-0.15, -0.1) is 0 Å². The largest absolute Gasteiger partial charge is 0.352 e. The molecule has 0 saturated carbocycles. The minimum atomic E-state index is -2.97. The van der Waals surface area contributed by atoms with Crippen LogP contribution in [0.1, 0.15) is 13.3 Å². The number of carbonyl (C=O) groups excluding carboxylic acids is 1. The van der Waals surface area contributed by atoms with Gasteiger partial charge in [-0.1, -0.05) is 23.9 Å². The fourth-order valence-electron chi connectivity index (χ4n) is 2.78. The summed E-state index contributed by atoms with van der Waals surface area (Å²) in [5, 5.41) is 3.61. The standard InChI is InChI=1S/C15H19N3O3S2/c1-2-18-13-6-4-3-5-12(13)17-15(18)22-9-14(19)16-11-7-8-23(20,21)10-11/h3-6,11H,2,7-10H2,1H3,(H,16,19). The molecular weight excluding hydrogens is 334 g/mol. The Morgan fingerprint density at radius 2 is 2.22 bits per heavy atom. The molecule has 1 aliphatic rings. The van der Waals surface area contributed by atoms with Gasteiger partial charge in [0, 0.05) is 12.6 Å². The highest BCUT2D eigenvalue weighted by atomic mass is 32.2. The first kappa shape index (κ1) is 16.3. The third-order valence-electron chi connectivity index (χ3n) is 3.87. The van der Waals surface area contributed by atoms with Crippen molar-refractivity contribution in [2.45, 2.75) is 31.1 Å². The Morgan fingerprint density at radius 1 is 1.43 bits per heavy atom. The van der Waals surface area contributed by atoms with Crippen LogP contribution in [0.25, 0.3) is 11.0 Å². The summed E-state index contributed by atoms with van der Waals surface area (Å²) in [5.74, 6) is 0.305. The third kappa shape index (κ3) is 3.69. The van der Waals surface area contributed by atoms with E-state index in [2.05, 4.69) is 14.9 Å². The van der Waals surface area contributed by atoms with Gasteiger partial charge in [0.2, 0.25) is 5.91 Å². The average molecular weight is 353 g/mol. The van der Waals surface area contributed by atoms with Gasteiger partial charge in [-0.25, -0.2) is 13.4 Å². The topological polar surface area (TPSA) is 81.1 Å². The smallest absolute Gasteiger partial charge is 0.230 e. The minimum absolute atomic E-state index is 0.0525. The van der Waals surface area contributed by atoms with E-state index in [0.29, 0.717) is 6.42 Å². The molecule has 1 N–H and O–H groups in total. The molecular formula is C15H19N3O3S2. The Bertz CT molecular complexity index is 830. The monoisotopic (exact) mass is 353 g/mol. The maximum atomic E-state index is 12.0.